The molecule has 3 rings (SSSR count). The summed E-state index contributed by atoms with van der Waals surface area (Å²) in [6.07, 6.45) is 0. The molecule has 24 heavy (non-hydrogen) atoms. The van der Waals surface area contributed by atoms with Crippen molar-refractivity contribution in [3.8, 4) is 21.4 Å². The van der Waals surface area contributed by atoms with Crippen LogP contribution in [0.5, 0.6) is 11.5 Å². The maximum Gasteiger partial charge on any atom is 0.265 e. The zero-order chi connectivity index (χ0) is 17.1. The summed E-state index contributed by atoms with van der Waals surface area (Å²) in [5.74, 6) is 0.519. The first-order chi connectivity index (χ1) is 11.6. The molecule has 0 atom stereocenters. The number of anilines is 1. The summed E-state index contributed by atoms with van der Waals surface area (Å²) >= 11 is 2.96. The van der Waals surface area contributed by atoms with Gasteiger partial charge in [-0.3, -0.25) is 10.1 Å². The Morgan fingerprint density at radius 1 is 1.04 bits per heavy atom. The molecule has 124 valence electrons. The van der Waals surface area contributed by atoms with Crippen LogP contribution in [0.4, 0.5) is 5.13 Å². The van der Waals surface area contributed by atoms with Crippen LogP contribution >= 0.6 is 22.7 Å². The van der Waals surface area contributed by atoms with Crippen LogP contribution in [0.1, 0.15) is 15.2 Å². The molecule has 6 nitrogen and oxygen atoms in total. The van der Waals surface area contributed by atoms with Crippen LogP contribution in [-0.4, -0.2) is 30.3 Å². The Morgan fingerprint density at radius 2 is 1.75 bits per heavy atom. The van der Waals surface area contributed by atoms with Crippen LogP contribution in [0, 0.1) is 6.92 Å². The second kappa shape index (κ2) is 6.98. The van der Waals surface area contributed by atoms with Crippen molar-refractivity contribution in [2.24, 2.45) is 0 Å². The molecule has 2 aromatic heterocycles. The van der Waals surface area contributed by atoms with Crippen molar-refractivity contribution < 1.29 is 14.3 Å². The van der Waals surface area contributed by atoms with Gasteiger partial charge in [-0.1, -0.05) is 17.4 Å². The van der Waals surface area contributed by atoms with Crippen molar-refractivity contribution >= 4 is 33.7 Å². The van der Waals surface area contributed by atoms with Gasteiger partial charge in [0.05, 0.1) is 19.1 Å². The quantitative estimate of drug-likeness (QED) is 0.747. The third-order valence-corrected chi connectivity index (χ3v) is 5.26. The average Bonchev–Trinajstić information content (AvgIpc) is 3.22. The number of amides is 1. The second-order valence-corrected chi connectivity index (χ2v) is 7.08. The third-order valence-electron chi connectivity index (χ3n) is 3.25. The van der Waals surface area contributed by atoms with Gasteiger partial charge in [-0.05, 0) is 31.2 Å². The van der Waals surface area contributed by atoms with Crippen molar-refractivity contribution in [3.05, 3.63) is 40.8 Å². The highest BCUT2D eigenvalue weighted by Gasteiger charge is 2.20. The number of aromatic nitrogens is 2. The lowest BCUT2D eigenvalue weighted by Gasteiger charge is -2.11. The number of ether oxygens (including phenoxy) is 2. The fourth-order valence-corrected chi connectivity index (χ4v) is 3.81. The van der Waals surface area contributed by atoms with Gasteiger partial charge in [0, 0.05) is 4.88 Å². The number of hydrogen-bond acceptors (Lipinski definition) is 7. The number of nitrogens with zero attached hydrogens (tertiary/aromatic N) is 2. The molecule has 0 unspecified atom stereocenters. The Labute approximate surface area is 147 Å². The Bertz CT molecular complexity index is 851. The highest BCUT2D eigenvalue weighted by atomic mass is 32.1. The van der Waals surface area contributed by atoms with Gasteiger partial charge in [0.25, 0.3) is 5.91 Å². The standard InChI is InChI=1S/C16H15N3O3S2/c1-9-7-8-12(23-9)15-18-19-16(24-15)17-14(20)13-10(21-2)5-4-6-11(13)22-3/h4-8H,1-3H3,(H,17,19,20). The number of aryl methyl sites for hydroxylation is 1. The summed E-state index contributed by atoms with van der Waals surface area (Å²) in [6.45, 7) is 2.03. The van der Waals surface area contributed by atoms with E-state index in [0.29, 0.717) is 22.2 Å². The normalized spacial score (nSPS) is 10.5. The number of carbonyl (C=O) groups excluding carboxylic acids is 1. The molecule has 2 heterocycles. The monoisotopic (exact) mass is 361 g/mol. The molecule has 8 heteroatoms. The Morgan fingerprint density at radius 3 is 2.33 bits per heavy atom. The van der Waals surface area contributed by atoms with E-state index in [0.717, 1.165) is 9.88 Å². The van der Waals surface area contributed by atoms with E-state index in [-0.39, 0.29) is 5.91 Å². The zero-order valence-electron chi connectivity index (χ0n) is 13.3. The van der Waals surface area contributed by atoms with E-state index in [2.05, 4.69) is 15.5 Å². The molecular formula is C16H15N3O3S2. The lowest BCUT2D eigenvalue weighted by atomic mass is 10.1. The molecule has 0 fully saturated rings. The predicted octanol–water partition coefficient (Wildman–Crippen LogP) is 3.84. The molecule has 0 aliphatic carbocycles. The van der Waals surface area contributed by atoms with Gasteiger partial charge >= 0.3 is 0 Å². The predicted molar refractivity (Wildman–Crippen MR) is 95.5 cm³/mol. The lowest BCUT2D eigenvalue weighted by molar-refractivity contribution is 0.102. The zero-order valence-corrected chi connectivity index (χ0v) is 15.0. The topological polar surface area (TPSA) is 73.3 Å². The minimum atomic E-state index is -0.352. The molecule has 0 spiro atoms. The highest BCUT2D eigenvalue weighted by molar-refractivity contribution is 7.23. The maximum absolute atomic E-state index is 12.6. The summed E-state index contributed by atoms with van der Waals surface area (Å²) < 4.78 is 10.5. The van der Waals surface area contributed by atoms with Crippen molar-refractivity contribution in [2.75, 3.05) is 19.5 Å². The molecule has 3 aromatic rings. The molecule has 0 aliphatic heterocycles. The first-order valence-corrected chi connectivity index (χ1v) is 8.68. The first-order valence-electron chi connectivity index (χ1n) is 7.05. The molecule has 0 aliphatic rings. The molecule has 1 N–H and O–H groups in total. The van der Waals surface area contributed by atoms with Gasteiger partial charge in [-0.25, -0.2) is 0 Å². The summed E-state index contributed by atoms with van der Waals surface area (Å²) in [5, 5.41) is 12.1. The molecule has 1 aromatic carbocycles. The number of hydrogen-bond donors (Lipinski definition) is 1. The smallest absolute Gasteiger partial charge is 0.265 e. The van der Waals surface area contributed by atoms with Gasteiger partial charge in [-0.15, -0.1) is 21.5 Å². The van der Waals surface area contributed by atoms with Crippen LogP contribution in [0.3, 0.4) is 0 Å². The van der Waals surface area contributed by atoms with Crippen molar-refractivity contribution in [2.45, 2.75) is 6.92 Å². The number of nitrogens with one attached hydrogen (secondary N) is 1. The van der Waals surface area contributed by atoms with Crippen molar-refractivity contribution in [3.63, 3.8) is 0 Å². The van der Waals surface area contributed by atoms with E-state index in [4.69, 9.17) is 9.47 Å². The second-order valence-electron chi connectivity index (χ2n) is 4.81. The summed E-state index contributed by atoms with van der Waals surface area (Å²) in [7, 11) is 3.02. The van der Waals surface area contributed by atoms with Gasteiger partial charge in [0.2, 0.25) is 5.13 Å². The van der Waals surface area contributed by atoms with E-state index >= 15 is 0 Å². The molecule has 0 bridgehead atoms. The maximum atomic E-state index is 12.6. The van der Waals surface area contributed by atoms with E-state index in [1.54, 1.807) is 29.5 Å². The van der Waals surface area contributed by atoms with E-state index in [1.165, 1.54) is 30.4 Å². The van der Waals surface area contributed by atoms with E-state index in [1.807, 2.05) is 19.1 Å². The van der Waals surface area contributed by atoms with Crippen LogP contribution in [0.25, 0.3) is 9.88 Å². The van der Waals surface area contributed by atoms with Crippen LogP contribution in [-0.2, 0) is 0 Å². The average molecular weight is 361 g/mol. The summed E-state index contributed by atoms with van der Waals surface area (Å²) in [5.41, 5.74) is 0.325. The molecule has 0 saturated carbocycles. The molecular weight excluding hydrogens is 346 g/mol. The number of rotatable bonds is 5. The largest absolute Gasteiger partial charge is 0.496 e. The number of benzene rings is 1. The SMILES string of the molecule is COc1cccc(OC)c1C(=O)Nc1nnc(-c2ccc(C)s2)s1. The van der Waals surface area contributed by atoms with Crippen molar-refractivity contribution in [1.82, 2.24) is 10.2 Å². The van der Waals surface area contributed by atoms with Crippen LogP contribution in [0.15, 0.2) is 30.3 Å². The highest BCUT2D eigenvalue weighted by Crippen LogP contribution is 2.33. The van der Waals surface area contributed by atoms with Crippen LogP contribution in [0.2, 0.25) is 0 Å². The molecule has 0 radical (unpaired) electrons. The first kappa shape index (κ1) is 16.4. The van der Waals surface area contributed by atoms with Gasteiger partial charge in [-0.2, -0.15) is 0 Å². The Kier molecular flexibility index (Phi) is 4.77. The Balaban J connectivity index is 1.85. The van der Waals surface area contributed by atoms with Crippen LogP contribution < -0.4 is 14.8 Å². The molecule has 0 saturated heterocycles. The fourth-order valence-electron chi connectivity index (χ4n) is 2.16. The van der Waals surface area contributed by atoms with E-state index < -0.39 is 0 Å². The van der Waals surface area contributed by atoms with Gasteiger partial charge in [0.1, 0.15) is 17.1 Å². The third kappa shape index (κ3) is 3.24. The fraction of sp³-hybridized carbons (Fsp3) is 0.188. The lowest BCUT2D eigenvalue weighted by Crippen LogP contribution is -2.14. The number of carbonyl (C=O) groups is 1. The summed E-state index contributed by atoms with van der Waals surface area (Å²) in [6, 6.07) is 9.19. The minimum absolute atomic E-state index is 0.325. The van der Waals surface area contributed by atoms with Gasteiger partial charge < -0.3 is 9.47 Å². The summed E-state index contributed by atoms with van der Waals surface area (Å²) in [4.78, 5) is 14.8. The molecule has 1 amide bonds. The minimum Gasteiger partial charge on any atom is -0.496 e. The Hall–Kier alpha value is -2.45. The van der Waals surface area contributed by atoms with Gasteiger partial charge in [0.15, 0.2) is 5.01 Å². The number of methoxy groups -OCH3 is 2. The number of thiophene rings is 1. The van der Waals surface area contributed by atoms with E-state index in [9.17, 15) is 4.79 Å². The van der Waals surface area contributed by atoms with Crippen molar-refractivity contribution in [1.29, 1.82) is 0 Å².